The number of nitrogens with zero attached hydrogens (tertiary/aromatic N) is 1. The minimum Gasteiger partial charge on any atom is -0.486 e. The van der Waals surface area contributed by atoms with Crippen LogP contribution in [0.5, 0.6) is 5.75 Å². The van der Waals surface area contributed by atoms with Gasteiger partial charge in [-0.3, -0.25) is 9.78 Å². The van der Waals surface area contributed by atoms with Crippen molar-refractivity contribution >= 4 is 39.1 Å². The lowest BCUT2D eigenvalue weighted by atomic mass is 10.1. The Bertz CT molecular complexity index is 1460. The van der Waals surface area contributed by atoms with Gasteiger partial charge in [-0.1, -0.05) is 36.7 Å². The molecular weight excluding hydrogens is 459 g/mol. The van der Waals surface area contributed by atoms with Crippen LogP contribution in [-0.2, 0) is 0 Å². The van der Waals surface area contributed by atoms with Crippen LogP contribution in [0.3, 0.4) is 0 Å². The summed E-state index contributed by atoms with van der Waals surface area (Å²) in [6.45, 7) is 1.83. The van der Waals surface area contributed by atoms with Crippen LogP contribution < -0.4 is 16.0 Å². The van der Waals surface area contributed by atoms with E-state index >= 15 is 0 Å². The van der Waals surface area contributed by atoms with Gasteiger partial charge >= 0.3 is 11.7 Å². The molecule has 32 heavy (non-hydrogen) atoms. The van der Waals surface area contributed by atoms with Crippen LogP contribution in [0.25, 0.3) is 15.9 Å². The van der Waals surface area contributed by atoms with Gasteiger partial charge in [-0.05, 0) is 24.6 Å². The maximum atomic E-state index is 14.2. The highest BCUT2D eigenvalue weighted by atomic mass is 35.5. The van der Waals surface area contributed by atoms with Gasteiger partial charge in [-0.15, -0.1) is 11.3 Å². The predicted molar refractivity (Wildman–Crippen MR) is 120 cm³/mol. The fourth-order valence-electron chi connectivity index (χ4n) is 3.40. The third-order valence-electron chi connectivity index (χ3n) is 4.92. The number of H-pyrrole nitrogens is 1. The lowest BCUT2D eigenvalue weighted by Gasteiger charge is -2.19. The number of nitrogens with one attached hydrogen (secondary N) is 1. The summed E-state index contributed by atoms with van der Waals surface area (Å²) in [5.74, 6) is -1.44. The first-order valence-electron chi connectivity index (χ1n) is 9.52. The molecule has 7 nitrogen and oxygen atoms in total. The average molecular weight is 475 g/mol. The predicted octanol–water partition coefficient (Wildman–Crippen LogP) is 4.76. The minimum absolute atomic E-state index is 0.0169. The molecule has 164 valence electrons. The Balaban J connectivity index is 1.83. The molecule has 2 aromatic carbocycles. The van der Waals surface area contributed by atoms with E-state index in [0.717, 1.165) is 15.9 Å². The molecule has 0 amide bonds. The molecule has 10 heteroatoms. The van der Waals surface area contributed by atoms with Gasteiger partial charge in [0.15, 0.2) is 0 Å². The van der Waals surface area contributed by atoms with Crippen molar-refractivity contribution in [2.24, 2.45) is 0 Å². The molecule has 1 unspecified atom stereocenters. The minimum atomic E-state index is -1.29. The number of aromatic carboxylic acids is 1. The number of carbonyl (C=O) groups is 1. The van der Waals surface area contributed by atoms with E-state index in [1.54, 1.807) is 24.3 Å². The molecule has 0 fully saturated rings. The summed E-state index contributed by atoms with van der Waals surface area (Å²) >= 11 is 7.22. The molecule has 2 aromatic heterocycles. The highest BCUT2D eigenvalue weighted by Gasteiger charge is 2.21. The summed E-state index contributed by atoms with van der Waals surface area (Å²) in [4.78, 5) is 39.9. The molecule has 0 spiro atoms. The molecule has 0 saturated heterocycles. The van der Waals surface area contributed by atoms with E-state index in [1.807, 2.05) is 6.92 Å². The highest BCUT2D eigenvalue weighted by molar-refractivity contribution is 7.17. The molecule has 0 aliphatic carbocycles. The maximum Gasteiger partial charge on any atom is 0.337 e. The van der Waals surface area contributed by atoms with E-state index in [-0.39, 0.29) is 32.2 Å². The largest absolute Gasteiger partial charge is 0.486 e. The van der Waals surface area contributed by atoms with Crippen molar-refractivity contribution in [2.75, 3.05) is 0 Å². The zero-order valence-electron chi connectivity index (χ0n) is 16.6. The highest BCUT2D eigenvalue weighted by Crippen LogP contribution is 2.30. The first kappa shape index (κ1) is 21.8. The Labute approximate surface area is 189 Å². The first-order valence-corrected chi connectivity index (χ1v) is 10.8. The number of fused-ring (bicyclic) bond motifs is 1. The second-order valence-electron chi connectivity index (χ2n) is 6.88. The summed E-state index contributed by atoms with van der Waals surface area (Å²) in [5.41, 5.74) is -1.42. The summed E-state index contributed by atoms with van der Waals surface area (Å²) in [7, 11) is 0. The smallest absolute Gasteiger partial charge is 0.337 e. The van der Waals surface area contributed by atoms with Crippen LogP contribution in [0.15, 0.2) is 57.4 Å². The topological polar surface area (TPSA) is 101 Å². The van der Waals surface area contributed by atoms with Crippen molar-refractivity contribution < 1.29 is 19.0 Å². The van der Waals surface area contributed by atoms with Gasteiger partial charge in [0.2, 0.25) is 0 Å². The lowest BCUT2D eigenvalue weighted by Crippen LogP contribution is -2.34. The van der Waals surface area contributed by atoms with Gasteiger partial charge in [-0.25, -0.2) is 18.5 Å². The van der Waals surface area contributed by atoms with Crippen LogP contribution in [0.2, 0.25) is 5.02 Å². The van der Waals surface area contributed by atoms with Crippen LogP contribution in [0, 0.1) is 5.82 Å². The molecule has 0 aliphatic heterocycles. The Morgan fingerprint density at radius 3 is 2.72 bits per heavy atom. The number of ether oxygens (including phenoxy) is 1. The van der Waals surface area contributed by atoms with Crippen LogP contribution >= 0.6 is 22.9 Å². The molecule has 1 atom stereocenters. The van der Waals surface area contributed by atoms with E-state index in [2.05, 4.69) is 4.98 Å². The number of aromatic nitrogens is 2. The van der Waals surface area contributed by atoms with E-state index in [9.17, 15) is 23.9 Å². The fourth-order valence-corrected chi connectivity index (χ4v) is 4.52. The Morgan fingerprint density at radius 2 is 2.03 bits per heavy atom. The molecule has 0 aliphatic rings. The molecule has 4 rings (SSSR count). The summed E-state index contributed by atoms with van der Waals surface area (Å²) in [5, 5.41) is 10.6. The van der Waals surface area contributed by atoms with Crippen LogP contribution in [0.4, 0.5) is 4.39 Å². The Kier molecular flexibility index (Phi) is 5.86. The van der Waals surface area contributed by atoms with Gasteiger partial charge in [-0.2, -0.15) is 0 Å². The molecule has 0 saturated carbocycles. The van der Waals surface area contributed by atoms with E-state index in [4.69, 9.17) is 16.3 Å². The van der Waals surface area contributed by atoms with Gasteiger partial charge < -0.3 is 9.84 Å². The van der Waals surface area contributed by atoms with Gasteiger partial charge in [0, 0.05) is 17.0 Å². The number of aromatic amines is 1. The van der Waals surface area contributed by atoms with Crippen molar-refractivity contribution in [2.45, 2.75) is 19.4 Å². The van der Waals surface area contributed by atoms with Crippen LogP contribution in [0.1, 0.15) is 35.4 Å². The van der Waals surface area contributed by atoms with Gasteiger partial charge in [0.25, 0.3) is 5.56 Å². The summed E-state index contributed by atoms with van der Waals surface area (Å²) in [6, 6.07) is 10.6. The van der Waals surface area contributed by atoms with E-state index in [1.165, 1.54) is 23.6 Å². The second-order valence-corrected chi connectivity index (χ2v) is 8.17. The number of hydrogen-bond donors (Lipinski definition) is 2. The number of benzene rings is 2. The SMILES string of the molecule is CCC(Oc1ccc(Cl)c(-n2c(=O)[nH]c3scc(C(=O)O)c3c2=O)c1)c1ccccc1F. The molecule has 0 bridgehead atoms. The Hall–Kier alpha value is -3.43. The third kappa shape index (κ3) is 3.80. The number of hydrogen-bond acceptors (Lipinski definition) is 5. The Morgan fingerprint density at radius 1 is 1.28 bits per heavy atom. The van der Waals surface area contributed by atoms with Crippen molar-refractivity contribution in [1.29, 1.82) is 0 Å². The normalized spacial score (nSPS) is 12.1. The molecule has 2 N–H and O–H groups in total. The lowest BCUT2D eigenvalue weighted by molar-refractivity contribution is 0.0699. The molecule has 0 radical (unpaired) electrons. The number of halogens is 2. The quantitative estimate of drug-likeness (QED) is 0.419. The summed E-state index contributed by atoms with van der Waals surface area (Å²) < 4.78 is 20.9. The molecule has 2 heterocycles. The summed E-state index contributed by atoms with van der Waals surface area (Å²) in [6.07, 6.45) is -0.152. The average Bonchev–Trinajstić information content (AvgIpc) is 3.19. The number of carboxylic acid groups (broad SMARTS) is 1. The molecule has 4 aromatic rings. The number of thiophene rings is 1. The first-order chi connectivity index (χ1) is 15.3. The number of rotatable bonds is 6. The maximum absolute atomic E-state index is 14.2. The van der Waals surface area contributed by atoms with Gasteiger partial charge in [0.05, 0.1) is 21.7 Å². The van der Waals surface area contributed by atoms with E-state index < -0.39 is 29.1 Å². The van der Waals surface area contributed by atoms with Crippen molar-refractivity contribution in [3.8, 4) is 11.4 Å². The van der Waals surface area contributed by atoms with Gasteiger partial charge in [0.1, 0.15) is 22.5 Å². The standard InChI is InChI=1S/C22H16ClFN2O5S/c1-2-17(12-5-3-4-6-15(12)24)31-11-7-8-14(23)16(9-11)26-20(27)18-13(21(28)29)10-32-19(18)25-22(26)30/h3-10,17H,2H2,1H3,(H,25,30)(H,28,29). The zero-order valence-corrected chi connectivity index (χ0v) is 18.2. The van der Waals surface area contributed by atoms with Crippen molar-refractivity contribution in [3.05, 3.63) is 90.6 Å². The fraction of sp³-hybridized carbons (Fsp3) is 0.136. The second kappa shape index (κ2) is 8.60. The molecular formula is C22H16ClFN2O5S. The number of carboxylic acids is 1. The van der Waals surface area contributed by atoms with Crippen LogP contribution in [-0.4, -0.2) is 20.6 Å². The third-order valence-corrected chi connectivity index (χ3v) is 6.14. The van der Waals surface area contributed by atoms with Crippen molar-refractivity contribution in [3.63, 3.8) is 0 Å². The zero-order chi connectivity index (χ0) is 23.0. The monoisotopic (exact) mass is 474 g/mol. The van der Waals surface area contributed by atoms with E-state index in [0.29, 0.717) is 12.0 Å². The van der Waals surface area contributed by atoms with Crippen molar-refractivity contribution in [1.82, 2.24) is 9.55 Å².